The topological polar surface area (TPSA) is 68.0 Å². The van der Waals surface area contributed by atoms with Crippen molar-refractivity contribution in [1.29, 1.82) is 0 Å². The fraction of sp³-hybridized carbons (Fsp3) is 0.750. The Balaban J connectivity index is 2.34. The zero-order chi connectivity index (χ0) is 12.6. The molecular formula is C12H19N3O2. The molecule has 5 nitrogen and oxygen atoms in total. The zero-order valence-electron chi connectivity index (χ0n) is 10.6. The Kier molecular flexibility index (Phi) is 3.17. The first-order valence-corrected chi connectivity index (χ1v) is 6.17. The third kappa shape index (κ3) is 2.06. The number of carboxylic acid groups (broad SMARTS) is 1. The fourth-order valence-electron chi connectivity index (χ4n) is 2.91. The van der Waals surface area contributed by atoms with Crippen molar-refractivity contribution >= 4 is 5.97 Å². The van der Waals surface area contributed by atoms with Crippen LogP contribution in [0.25, 0.3) is 0 Å². The molecule has 17 heavy (non-hydrogen) atoms. The molecule has 0 bridgehead atoms. The lowest BCUT2D eigenvalue weighted by atomic mass is 9.95. The van der Waals surface area contributed by atoms with Crippen LogP contribution in [0.15, 0.2) is 0 Å². The Hall–Kier alpha value is -1.39. The molecule has 5 heteroatoms. The van der Waals surface area contributed by atoms with Crippen molar-refractivity contribution in [3.63, 3.8) is 0 Å². The van der Waals surface area contributed by atoms with E-state index in [-0.39, 0.29) is 11.8 Å². The van der Waals surface area contributed by atoms with Gasteiger partial charge in [0.1, 0.15) is 11.6 Å². The number of carboxylic acids is 1. The van der Waals surface area contributed by atoms with E-state index in [0.717, 1.165) is 31.0 Å². The van der Waals surface area contributed by atoms with Gasteiger partial charge in [-0.25, -0.2) is 0 Å². The average molecular weight is 237 g/mol. The minimum absolute atomic E-state index is 0.0173. The maximum Gasteiger partial charge on any atom is 0.307 e. The van der Waals surface area contributed by atoms with Crippen molar-refractivity contribution in [1.82, 2.24) is 14.8 Å². The number of aliphatic carboxylic acids is 1. The van der Waals surface area contributed by atoms with Crippen LogP contribution in [0.2, 0.25) is 0 Å². The molecule has 1 aliphatic carbocycles. The summed E-state index contributed by atoms with van der Waals surface area (Å²) >= 11 is 0. The molecule has 1 saturated carbocycles. The molecule has 94 valence electrons. The highest BCUT2D eigenvalue weighted by atomic mass is 16.4. The first kappa shape index (κ1) is 12.1. The lowest BCUT2D eigenvalue weighted by Gasteiger charge is -2.16. The highest BCUT2D eigenvalue weighted by Crippen LogP contribution is 2.42. The van der Waals surface area contributed by atoms with Gasteiger partial charge in [-0.3, -0.25) is 4.79 Å². The summed E-state index contributed by atoms with van der Waals surface area (Å²) in [5.74, 6) is 1.17. The minimum atomic E-state index is -0.706. The van der Waals surface area contributed by atoms with E-state index in [4.69, 9.17) is 0 Å². The van der Waals surface area contributed by atoms with Gasteiger partial charge in [-0.1, -0.05) is 6.92 Å². The molecule has 2 rings (SSSR count). The average Bonchev–Trinajstić information content (AvgIpc) is 2.81. The van der Waals surface area contributed by atoms with Crippen LogP contribution >= 0.6 is 0 Å². The van der Waals surface area contributed by atoms with Gasteiger partial charge in [-0.05, 0) is 32.6 Å². The SMILES string of the molecule is CCn1c(C)nnc1C1CC(C)CC1C(=O)O. The van der Waals surface area contributed by atoms with Crippen molar-refractivity contribution in [3.8, 4) is 0 Å². The second kappa shape index (κ2) is 4.47. The summed E-state index contributed by atoms with van der Waals surface area (Å²) in [7, 11) is 0. The molecule has 0 amide bonds. The second-order valence-electron chi connectivity index (χ2n) is 4.98. The summed E-state index contributed by atoms with van der Waals surface area (Å²) in [6.07, 6.45) is 1.64. The lowest BCUT2D eigenvalue weighted by molar-refractivity contribution is -0.142. The van der Waals surface area contributed by atoms with E-state index in [9.17, 15) is 9.90 Å². The van der Waals surface area contributed by atoms with Crippen LogP contribution in [0.1, 0.15) is 44.3 Å². The zero-order valence-corrected chi connectivity index (χ0v) is 10.6. The van der Waals surface area contributed by atoms with Crippen LogP contribution in [0.5, 0.6) is 0 Å². The summed E-state index contributed by atoms with van der Waals surface area (Å²) < 4.78 is 2.03. The first-order valence-electron chi connectivity index (χ1n) is 6.17. The molecular weight excluding hydrogens is 218 g/mol. The maximum absolute atomic E-state index is 11.3. The molecule has 0 aliphatic heterocycles. The van der Waals surface area contributed by atoms with E-state index in [1.54, 1.807) is 0 Å². The third-order valence-electron chi connectivity index (χ3n) is 3.73. The molecule has 1 heterocycles. The van der Waals surface area contributed by atoms with Gasteiger partial charge in [0.2, 0.25) is 0 Å². The van der Waals surface area contributed by atoms with E-state index >= 15 is 0 Å². The summed E-state index contributed by atoms with van der Waals surface area (Å²) in [5.41, 5.74) is 0. The van der Waals surface area contributed by atoms with Crippen LogP contribution in [0.3, 0.4) is 0 Å². The normalized spacial score (nSPS) is 28.5. The standard InChI is InChI=1S/C12H19N3O2/c1-4-15-8(3)13-14-11(15)9-5-7(2)6-10(9)12(16)17/h7,9-10H,4-6H2,1-3H3,(H,16,17). The molecule has 1 aromatic heterocycles. The monoisotopic (exact) mass is 237 g/mol. The molecule has 0 saturated heterocycles. The molecule has 1 aromatic rings. The van der Waals surface area contributed by atoms with Crippen LogP contribution in [-0.2, 0) is 11.3 Å². The van der Waals surface area contributed by atoms with E-state index < -0.39 is 5.97 Å². The Labute approximate surface area is 101 Å². The minimum Gasteiger partial charge on any atom is -0.481 e. The van der Waals surface area contributed by atoms with Gasteiger partial charge < -0.3 is 9.67 Å². The number of rotatable bonds is 3. The Morgan fingerprint density at radius 2 is 2.18 bits per heavy atom. The molecule has 0 radical (unpaired) electrons. The summed E-state index contributed by atoms with van der Waals surface area (Å²) in [5, 5.41) is 17.5. The van der Waals surface area contributed by atoms with Crippen LogP contribution in [0.4, 0.5) is 0 Å². The lowest BCUT2D eigenvalue weighted by Crippen LogP contribution is -2.20. The number of aromatic nitrogens is 3. The van der Waals surface area contributed by atoms with Gasteiger partial charge in [0, 0.05) is 12.5 Å². The van der Waals surface area contributed by atoms with Crippen LogP contribution in [-0.4, -0.2) is 25.8 Å². The Morgan fingerprint density at radius 1 is 1.47 bits per heavy atom. The Morgan fingerprint density at radius 3 is 2.76 bits per heavy atom. The highest BCUT2D eigenvalue weighted by molar-refractivity contribution is 5.71. The largest absolute Gasteiger partial charge is 0.481 e. The second-order valence-corrected chi connectivity index (χ2v) is 4.98. The van der Waals surface area contributed by atoms with Gasteiger partial charge in [0.05, 0.1) is 5.92 Å². The molecule has 1 N–H and O–H groups in total. The quantitative estimate of drug-likeness (QED) is 0.870. The summed E-state index contributed by atoms with van der Waals surface area (Å²) in [4.78, 5) is 11.3. The molecule has 0 aromatic carbocycles. The smallest absolute Gasteiger partial charge is 0.307 e. The van der Waals surface area contributed by atoms with Crippen molar-refractivity contribution in [2.45, 2.75) is 46.1 Å². The van der Waals surface area contributed by atoms with Crippen molar-refractivity contribution in [2.75, 3.05) is 0 Å². The van der Waals surface area contributed by atoms with E-state index in [0.29, 0.717) is 5.92 Å². The highest BCUT2D eigenvalue weighted by Gasteiger charge is 2.40. The van der Waals surface area contributed by atoms with Gasteiger partial charge >= 0.3 is 5.97 Å². The van der Waals surface area contributed by atoms with E-state index in [1.807, 2.05) is 18.4 Å². The van der Waals surface area contributed by atoms with Crippen LogP contribution < -0.4 is 0 Å². The Bertz CT molecular complexity index is 427. The van der Waals surface area contributed by atoms with Crippen molar-refractivity contribution in [2.24, 2.45) is 11.8 Å². The number of hydrogen-bond donors (Lipinski definition) is 1. The van der Waals surface area contributed by atoms with Crippen molar-refractivity contribution in [3.05, 3.63) is 11.6 Å². The number of aryl methyl sites for hydroxylation is 1. The molecule has 1 aliphatic rings. The predicted molar refractivity (Wildman–Crippen MR) is 62.7 cm³/mol. The predicted octanol–water partition coefficient (Wildman–Crippen LogP) is 1.82. The summed E-state index contributed by atoms with van der Waals surface area (Å²) in [6.45, 7) is 6.85. The fourth-order valence-corrected chi connectivity index (χ4v) is 2.91. The number of hydrogen-bond acceptors (Lipinski definition) is 3. The van der Waals surface area contributed by atoms with Gasteiger partial charge in [0.25, 0.3) is 0 Å². The number of carbonyl (C=O) groups is 1. The van der Waals surface area contributed by atoms with E-state index in [1.165, 1.54) is 0 Å². The maximum atomic E-state index is 11.3. The van der Waals surface area contributed by atoms with Gasteiger partial charge in [-0.2, -0.15) is 0 Å². The number of nitrogens with zero attached hydrogens (tertiary/aromatic N) is 3. The molecule has 0 spiro atoms. The summed E-state index contributed by atoms with van der Waals surface area (Å²) in [6, 6.07) is 0. The molecule has 1 fully saturated rings. The van der Waals surface area contributed by atoms with E-state index in [2.05, 4.69) is 17.1 Å². The van der Waals surface area contributed by atoms with Gasteiger partial charge in [0.15, 0.2) is 0 Å². The van der Waals surface area contributed by atoms with Crippen LogP contribution in [0, 0.1) is 18.8 Å². The molecule has 3 atom stereocenters. The van der Waals surface area contributed by atoms with Crippen molar-refractivity contribution < 1.29 is 9.90 Å². The first-order chi connectivity index (χ1) is 8.04. The molecule has 3 unspecified atom stereocenters. The third-order valence-corrected chi connectivity index (χ3v) is 3.73. The van der Waals surface area contributed by atoms with Gasteiger partial charge in [-0.15, -0.1) is 10.2 Å².